The lowest BCUT2D eigenvalue weighted by atomic mass is 9.44. The highest BCUT2D eigenvalue weighted by atomic mass is 35.5. The predicted molar refractivity (Wildman–Crippen MR) is 174 cm³/mol. The summed E-state index contributed by atoms with van der Waals surface area (Å²) < 4.78 is 5.68. The predicted octanol–water partition coefficient (Wildman–Crippen LogP) is 10.4. The van der Waals surface area contributed by atoms with Gasteiger partial charge < -0.3 is 4.74 Å². The normalized spacial score (nSPS) is 38.5. The number of alkyl halides is 1. The van der Waals surface area contributed by atoms with Gasteiger partial charge in [0.1, 0.15) is 6.10 Å². The highest BCUT2D eigenvalue weighted by Crippen LogP contribution is 2.70. The molecule has 4 saturated carbocycles. The van der Waals surface area contributed by atoms with Gasteiger partial charge in [-0.2, -0.15) is 0 Å². The third-order valence-electron chi connectivity index (χ3n) is 12.9. The van der Waals surface area contributed by atoms with Gasteiger partial charge in [-0.3, -0.25) is 4.79 Å². The maximum atomic E-state index is 11.7. The Labute approximate surface area is 259 Å². The van der Waals surface area contributed by atoms with Crippen LogP contribution >= 0.6 is 11.6 Å². The van der Waals surface area contributed by atoms with Crippen molar-refractivity contribution in [2.75, 3.05) is 0 Å². The number of hydrogen-bond donors (Lipinski definition) is 0. The molecular weight excluding hydrogens is 536 g/mol. The minimum Gasteiger partial charge on any atom is -0.462 e. The van der Waals surface area contributed by atoms with Gasteiger partial charge in [-0.05, 0) is 109 Å². The minimum atomic E-state index is -0.232. The molecule has 4 fully saturated rings. The molecule has 6 rings (SSSR count). The van der Waals surface area contributed by atoms with E-state index in [1.807, 2.05) is 0 Å². The Balaban J connectivity index is 1.15. The van der Waals surface area contributed by atoms with E-state index < -0.39 is 0 Å². The van der Waals surface area contributed by atoms with Crippen LogP contribution in [0, 0.1) is 40.4 Å². The Morgan fingerprint density at radius 1 is 0.905 bits per heavy atom. The minimum absolute atomic E-state index is 0.00775. The van der Waals surface area contributed by atoms with Crippen molar-refractivity contribution in [2.24, 2.45) is 40.4 Å². The van der Waals surface area contributed by atoms with E-state index >= 15 is 0 Å². The largest absolute Gasteiger partial charge is 0.462 e. The summed E-state index contributed by atoms with van der Waals surface area (Å²) in [4.78, 5) is 11.5. The summed E-state index contributed by atoms with van der Waals surface area (Å²) in [5.74, 6) is 3.92. The first-order valence-corrected chi connectivity index (χ1v) is 17.1. The van der Waals surface area contributed by atoms with E-state index in [-0.39, 0.29) is 22.4 Å². The van der Waals surface area contributed by atoms with Gasteiger partial charge in [0.2, 0.25) is 0 Å². The lowest BCUT2D eigenvalue weighted by molar-refractivity contribution is -0.157. The van der Waals surface area contributed by atoms with E-state index in [1.54, 1.807) is 0 Å². The summed E-state index contributed by atoms with van der Waals surface area (Å²) in [6.45, 7) is 9.22. The van der Waals surface area contributed by atoms with Crippen LogP contribution in [0.1, 0.15) is 109 Å². The van der Waals surface area contributed by atoms with Crippen LogP contribution in [0.25, 0.3) is 0 Å². The number of halogens is 1. The van der Waals surface area contributed by atoms with Crippen LogP contribution in [0.5, 0.6) is 0 Å². The number of carbonyl (C=O) groups excluding carboxylic acids is 1. The molecule has 0 saturated heterocycles. The number of allylic oxidation sites excluding steroid dienone is 2. The first-order chi connectivity index (χ1) is 20.1. The third kappa shape index (κ3) is 5.29. The SMILES string of the molecule is CC(=O)O[C@H]1CC[C@]2(C)[C@H]3CC[C@]4(C)[C@@H]([C@H](C)CC=CC(c5ccccc5)c5ccccc5)CC[C@H]4[C@@H]3CC[C@@]2(Cl)C1. The number of rotatable bonds is 7. The summed E-state index contributed by atoms with van der Waals surface area (Å²) in [5, 5.41) is 0. The fourth-order valence-electron chi connectivity index (χ4n) is 10.8. The van der Waals surface area contributed by atoms with Gasteiger partial charge in [-0.1, -0.05) is 93.6 Å². The van der Waals surface area contributed by atoms with E-state index in [1.165, 1.54) is 50.2 Å². The van der Waals surface area contributed by atoms with Crippen molar-refractivity contribution in [1.29, 1.82) is 0 Å². The third-order valence-corrected chi connectivity index (χ3v) is 13.7. The number of ether oxygens (including phenoxy) is 1. The standard InChI is InChI=1S/C39H51ClO2/c1-27(12-11-17-32(29-13-7-5-8-14-29)30-15-9-6-10-16-30)34-18-19-35-33-21-25-39(40)26-31(42-28(2)41)20-24-38(39,4)36(33)22-23-37(34,35)3/h5-11,13-17,27,31-36H,12,18-26H2,1-4H3/t27-,31+,33+,34-,35+,36+,37-,38-,39-/m1/s1. The van der Waals surface area contributed by atoms with Crippen molar-refractivity contribution in [1.82, 2.24) is 0 Å². The van der Waals surface area contributed by atoms with Crippen molar-refractivity contribution in [3.05, 3.63) is 83.9 Å². The van der Waals surface area contributed by atoms with Crippen molar-refractivity contribution in [3.8, 4) is 0 Å². The molecule has 0 N–H and O–H groups in total. The quantitative estimate of drug-likeness (QED) is 0.183. The van der Waals surface area contributed by atoms with Crippen LogP contribution in [-0.4, -0.2) is 16.9 Å². The van der Waals surface area contributed by atoms with Crippen molar-refractivity contribution in [2.45, 2.75) is 109 Å². The molecule has 9 atom stereocenters. The lowest BCUT2D eigenvalue weighted by Gasteiger charge is -2.64. The number of benzene rings is 2. The van der Waals surface area contributed by atoms with Gasteiger partial charge >= 0.3 is 5.97 Å². The van der Waals surface area contributed by atoms with Crippen LogP contribution < -0.4 is 0 Å². The smallest absolute Gasteiger partial charge is 0.302 e. The molecule has 226 valence electrons. The molecule has 4 aliphatic rings. The highest BCUT2D eigenvalue weighted by Gasteiger charge is 2.64. The van der Waals surface area contributed by atoms with E-state index in [0.717, 1.165) is 49.9 Å². The molecule has 0 heterocycles. The van der Waals surface area contributed by atoms with E-state index in [0.29, 0.717) is 23.2 Å². The maximum absolute atomic E-state index is 11.7. The molecule has 3 heteroatoms. The van der Waals surface area contributed by atoms with Gasteiger partial charge in [0.15, 0.2) is 0 Å². The average molecular weight is 587 g/mol. The van der Waals surface area contributed by atoms with Crippen LogP contribution in [0.3, 0.4) is 0 Å². The molecule has 2 aromatic carbocycles. The topological polar surface area (TPSA) is 26.3 Å². The average Bonchev–Trinajstić information content (AvgIpc) is 3.34. The second-order valence-electron chi connectivity index (χ2n) is 14.9. The summed E-state index contributed by atoms with van der Waals surface area (Å²) in [5.41, 5.74) is 3.31. The van der Waals surface area contributed by atoms with Gasteiger partial charge in [0.25, 0.3) is 0 Å². The van der Waals surface area contributed by atoms with Crippen molar-refractivity contribution >= 4 is 17.6 Å². The van der Waals surface area contributed by atoms with Crippen LogP contribution in [0.2, 0.25) is 0 Å². The Morgan fingerprint density at radius 2 is 1.57 bits per heavy atom. The molecule has 0 aliphatic heterocycles. The highest BCUT2D eigenvalue weighted by molar-refractivity contribution is 6.24. The zero-order chi connectivity index (χ0) is 29.5. The molecule has 2 nitrogen and oxygen atoms in total. The van der Waals surface area contributed by atoms with Gasteiger partial charge in [0.05, 0.1) is 4.87 Å². The van der Waals surface area contributed by atoms with E-state index in [2.05, 4.69) is 93.6 Å². The summed E-state index contributed by atoms with van der Waals surface area (Å²) in [6.07, 6.45) is 16.7. The molecule has 0 amide bonds. The van der Waals surface area contributed by atoms with Crippen molar-refractivity contribution < 1.29 is 9.53 Å². The van der Waals surface area contributed by atoms with Gasteiger partial charge in [-0.15, -0.1) is 11.6 Å². The fourth-order valence-corrected chi connectivity index (χ4v) is 11.3. The number of fused-ring (bicyclic) bond motifs is 5. The molecule has 0 unspecified atom stereocenters. The molecule has 4 aliphatic carbocycles. The maximum Gasteiger partial charge on any atom is 0.302 e. The Morgan fingerprint density at radius 3 is 2.21 bits per heavy atom. The van der Waals surface area contributed by atoms with Crippen LogP contribution in [-0.2, 0) is 9.53 Å². The lowest BCUT2D eigenvalue weighted by Crippen LogP contribution is -2.60. The Bertz CT molecular complexity index is 1220. The summed E-state index contributed by atoms with van der Waals surface area (Å²) in [6, 6.07) is 21.9. The fraction of sp³-hybridized carbons (Fsp3) is 0.615. The van der Waals surface area contributed by atoms with Crippen LogP contribution in [0.4, 0.5) is 0 Å². The Hall–Kier alpha value is -2.06. The monoisotopic (exact) mass is 586 g/mol. The number of hydrogen-bond acceptors (Lipinski definition) is 2. The molecule has 42 heavy (non-hydrogen) atoms. The van der Waals surface area contributed by atoms with Crippen molar-refractivity contribution in [3.63, 3.8) is 0 Å². The van der Waals surface area contributed by atoms with Gasteiger partial charge in [0, 0.05) is 19.3 Å². The van der Waals surface area contributed by atoms with Crippen LogP contribution in [0.15, 0.2) is 72.8 Å². The molecule has 0 bridgehead atoms. The van der Waals surface area contributed by atoms with E-state index in [9.17, 15) is 4.79 Å². The van der Waals surface area contributed by atoms with Gasteiger partial charge in [-0.25, -0.2) is 0 Å². The zero-order valence-electron chi connectivity index (χ0n) is 26.2. The molecular formula is C39H51ClO2. The first-order valence-electron chi connectivity index (χ1n) is 16.8. The second kappa shape index (κ2) is 11.8. The Kier molecular flexibility index (Phi) is 8.42. The first kappa shape index (κ1) is 30.0. The molecule has 0 radical (unpaired) electrons. The molecule has 0 aromatic heterocycles. The molecule has 2 aromatic rings. The second-order valence-corrected chi connectivity index (χ2v) is 15.7. The molecule has 0 spiro atoms. The summed E-state index contributed by atoms with van der Waals surface area (Å²) in [7, 11) is 0. The number of carbonyl (C=O) groups is 1. The zero-order valence-corrected chi connectivity index (χ0v) is 27.0. The number of esters is 1. The van der Waals surface area contributed by atoms with E-state index in [4.69, 9.17) is 16.3 Å². The summed E-state index contributed by atoms with van der Waals surface area (Å²) >= 11 is 7.55.